The van der Waals surface area contributed by atoms with Crippen LogP contribution in [0.5, 0.6) is 0 Å². The highest BCUT2D eigenvalue weighted by Gasteiger charge is 2.56. The van der Waals surface area contributed by atoms with Gasteiger partial charge in [-0.15, -0.1) is 0 Å². The molecule has 6 nitrogen and oxygen atoms in total. The molecule has 1 aromatic carbocycles. The third-order valence-corrected chi connectivity index (χ3v) is 3.94. The van der Waals surface area contributed by atoms with Crippen LogP contribution >= 0.6 is 0 Å². The van der Waals surface area contributed by atoms with Crippen molar-refractivity contribution in [2.45, 2.75) is 25.9 Å². The van der Waals surface area contributed by atoms with Gasteiger partial charge in [-0.2, -0.15) is 13.2 Å². The minimum atomic E-state index is -4.51. The summed E-state index contributed by atoms with van der Waals surface area (Å²) in [5.74, 6) is -0.538. The summed E-state index contributed by atoms with van der Waals surface area (Å²) in [5, 5.41) is 8.48. The smallest absolute Gasteiger partial charge is 0.360 e. The number of carbonyl (C=O) groups excluding carboxylic acids is 2. The summed E-state index contributed by atoms with van der Waals surface area (Å²) in [7, 11) is 0. The second-order valence-electron chi connectivity index (χ2n) is 5.89. The second-order valence-corrected chi connectivity index (χ2v) is 5.89. The zero-order valence-electron chi connectivity index (χ0n) is 13.1. The molecule has 0 saturated heterocycles. The minimum absolute atomic E-state index is 0.0174. The van der Waals surface area contributed by atoms with Crippen LogP contribution < -0.4 is 10.6 Å². The number of anilines is 2. The Morgan fingerprint density at radius 2 is 1.84 bits per heavy atom. The van der Waals surface area contributed by atoms with Crippen LogP contribution in [0.3, 0.4) is 0 Å². The molecular formula is C16H14F3N3O3. The molecule has 25 heavy (non-hydrogen) atoms. The van der Waals surface area contributed by atoms with Gasteiger partial charge in [-0.25, -0.2) is 0 Å². The van der Waals surface area contributed by atoms with Crippen molar-refractivity contribution in [2.24, 2.45) is 5.41 Å². The Balaban J connectivity index is 1.71. The summed E-state index contributed by atoms with van der Waals surface area (Å²) in [4.78, 5) is 24.7. The number of amides is 2. The van der Waals surface area contributed by atoms with E-state index in [0.29, 0.717) is 18.6 Å². The lowest BCUT2D eigenvalue weighted by molar-refractivity contribution is -0.137. The predicted molar refractivity (Wildman–Crippen MR) is 81.6 cm³/mol. The molecule has 1 saturated carbocycles. The molecule has 1 heterocycles. The lowest BCUT2D eigenvalue weighted by Gasteiger charge is -2.15. The molecule has 132 valence electrons. The topological polar surface area (TPSA) is 84.2 Å². The second kappa shape index (κ2) is 5.91. The standard InChI is InChI=1S/C16H14F3N3O3/c1-9-7-12(22-25-9)21-14(24)15(5-6-15)13(23)20-11-4-2-3-10(8-11)16(17,18)19/h2-4,7-8H,5-6H2,1H3,(H,20,23)(H,21,22,24). The van der Waals surface area contributed by atoms with Crippen molar-refractivity contribution in [3.05, 3.63) is 41.7 Å². The lowest BCUT2D eigenvalue weighted by atomic mass is 10.0. The summed E-state index contributed by atoms with van der Waals surface area (Å²) in [6.07, 6.45) is -3.90. The molecule has 0 radical (unpaired) electrons. The van der Waals surface area contributed by atoms with Gasteiger partial charge in [0.05, 0.1) is 5.56 Å². The van der Waals surface area contributed by atoms with Gasteiger partial charge in [-0.3, -0.25) is 9.59 Å². The van der Waals surface area contributed by atoms with Gasteiger partial charge in [0, 0.05) is 11.8 Å². The normalized spacial score (nSPS) is 15.5. The number of alkyl halides is 3. The van der Waals surface area contributed by atoms with E-state index >= 15 is 0 Å². The van der Waals surface area contributed by atoms with Gasteiger partial charge in [0.15, 0.2) is 5.82 Å². The van der Waals surface area contributed by atoms with Crippen LogP contribution in [0.25, 0.3) is 0 Å². The number of carbonyl (C=O) groups is 2. The average Bonchev–Trinajstić information content (AvgIpc) is 3.26. The van der Waals surface area contributed by atoms with Crippen molar-refractivity contribution in [1.82, 2.24) is 5.16 Å². The molecule has 1 aliphatic rings. The van der Waals surface area contributed by atoms with Crippen molar-refractivity contribution >= 4 is 23.3 Å². The maximum atomic E-state index is 12.7. The van der Waals surface area contributed by atoms with Crippen LogP contribution in [-0.4, -0.2) is 17.0 Å². The molecule has 0 unspecified atom stereocenters. The Kier molecular flexibility index (Phi) is 4.02. The third kappa shape index (κ3) is 3.49. The van der Waals surface area contributed by atoms with Crippen LogP contribution in [0.4, 0.5) is 24.7 Å². The quantitative estimate of drug-likeness (QED) is 0.826. The first-order valence-electron chi connectivity index (χ1n) is 7.44. The van der Waals surface area contributed by atoms with Gasteiger partial charge in [-0.1, -0.05) is 11.2 Å². The number of nitrogens with zero attached hydrogens (tertiary/aromatic N) is 1. The molecule has 1 fully saturated rings. The van der Waals surface area contributed by atoms with Crippen molar-refractivity contribution < 1.29 is 27.3 Å². The van der Waals surface area contributed by atoms with E-state index in [1.807, 2.05) is 0 Å². The Hall–Kier alpha value is -2.84. The van der Waals surface area contributed by atoms with E-state index in [1.165, 1.54) is 18.2 Å². The first-order chi connectivity index (χ1) is 11.7. The van der Waals surface area contributed by atoms with E-state index in [1.54, 1.807) is 6.92 Å². The molecule has 0 bridgehead atoms. The highest BCUT2D eigenvalue weighted by atomic mass is 19.4. The highest BCUT2D eigenvalue weighted by Crippen LogP contribution is 2.47. The minimum Gasteiger partial charge on any atom is -0.360 e. The molecule has 3 rings (SSSR count). The van der Waals surface area contributed by atoms with Gasteiger partial charge in [0.25, 0.3) is 0 Å². The van der Waals surface area contributed by atoms with Crippen molar-refractivity contribution in [1.29, 1.82) is 0 Å². The first-order valence-corrected chi connectivity index (χ1v) is 7.44. The summed E-state index contributed by atoms with van der Waals surface area (Å²) >= 11 is 0. The fraction of sp³-hybridized carbons (Fsp3) is 0.312. The van der Waals surface area contributed by atoms with Gasteiger partial charge in [0.2, 0.25) is 11.8 Å². The fourth-order valence-electron chi connectivity index (χ4n) is 2.37. The number of nitrogens with one attached hydrogen (secondary N) is 2. The molecule has 2 aromatic rings. The molecule has 0 spiro atoms. The Labute approximate surface area is 140 Å². The van der Waals surface area contributed by atoms with Crippen molar-refractivity contribution in [3.63, 3.8) is 0 Å². The number of aryl methyl sites for hydroxylation is 1. The molecule has 9 heteroatoms. The van der Waals surface area contributed by atoms with Crippen LogP contribution in [-0.2, 0) is 15.8 Å². The van der Waals surface area contributed by atoms with E-state index in [2.05, 4.69) is 15.8 Å². The van der Waals surface area contributed by atoms with Crippen LogP contribution in [0.2, 0.25) is 0 Å². The maximum absolute atomic E-state index is 12.7. The number of aromatic nitrogens is 1. The number of rotatable bonds is 4. The summed E-state index contributed by atoms with van der Waals surface area (Å²) in [6.45, 7) is 1.65. The van der Waals surface area contributed by atoms with Crippen molar-refractivity contribution in [3.8, 4) is 0 Å². The van der Waals surface area contributed by atoms with Crippen LogP contribution in [0.15, 0.2) is 34.9 Å². The van der Waals surface area contributed by atoms with Gasteiger partial charge >= 0.3 is 6.18 Å². The molecule has 0 atom stereocenters. The summed E-state index contributed by atoms with van der Waals surface area (Å²) in [5.41, 5.74) is -2.20. The molecule has 2 amide bonds. The largest absolute Gasteiger partial charge is 0.416 e. The van der Waals surface area contributed by atoms with E-state index in [-0.39, 0.29) is 11.5 Å². The van der Waals surface area contributed by atoms with Gasteiger partial charge in [-0.05, 0) is 38.0 Å². The van der Waals surface area contributed by atoms with Gasteiger partial charge in [0.1, 0.15) is 11.2 Å². The number of hydrogen-bond acceptors (Lipinski definition) is 4. The lowest BCUT2D eigenvalue weighted by Crippen LogP contribution is -2.35. The summed E-state index contributed by atoms with van der Waals surface area (Å²) in [6, 6.07) is 5.76. The average molecular weight is 353 g/mol. The van der Waals surface area contributed by atoms with E-state index in [4.69, 9.17) is 4.52 Å². The number of hydrogen-bond donors (Lipinski definition) is 2. The Bertz CT molecular complexity index is 825. The number of benzene rings is 1. The molecule has 1 aliphatic carbocycles. The Morgan fingerprint density at radius 3 is 2.40 bits per heavy atom. The van der Waals surface area contributed by atoms with E-state index < -0.39 is 29.0 Å². The fourth-order valence-corrected chi connectivity index (χ4v) is 2.37. The molecular weight excluding hydrogens is 339 g/mol. The Morgan fingerprint density at radius 1 is 1.16 bits per heavy atom. The van der Waals surface area contributed by atoms with Crippen molar-refractivity contribution in [2.75, 3.05) is 10.6 Å². The SMILES string of the molecule is Cc1cc(NC(=O)C2(C(=O)Nc3cccc(C(F)(F)F)c3)CC2)no1. The predicted octanol–water partition coefficient (Wildman–Crippen LogP) is 3.36. The van der Waals surface area contributed by atoms with Gasteiger partial charge < -0.3 is 15.2 Å². The third-order valence-electron chi connectivity index (χ3n) is 3.94. The summed E-state index contributed by atoms with van der Waals surface area (Å²) < 4.78 is 43.0. The van der Waals surface area contributed by atoms with Crippen LogP contribution in [0.1, 0.15) is 24.2 Å². The zero-order valence-corrected chi connectivity index (χ0v) is 13.1. The first kappa shape index (κ1) is 17.0. The highest BCUT2D eigenvalue weighted by molar-refractivity contribution is 6.16. The maximum Gasteiger partial charge on any atom is 0.416 e. The van der Waals surface area contributed by atoms with E-state index in [9.17, 15) is 22.8 Å². The zero-order chi connectivity index (χ0) is 18.2. The molecule has 1 aromatic heterocycles. The van der Waals surface area contributed by atoms with Crippen LogP contribution in [0, 0.1) is 12.3 Å². The molecule has 0 aliphatic heterocycles. The monoisotopic (exact) mass is 353 g/mol. The van der Waals surface area contributed by atoms with E-state index in [0.717, 1.165) is 12.1 Å². The number of halogens is 3. The molecule has 2 N–H and O–H groups in total.